The summed E-state index contributed by atoms with van der Waals surface area (Å²) in [6, 6.07) is -3.12. The quantitative estimate of drug-likeness (QED) is 0.0360. The van der Waals surface area contributed by atoms with Crippen molar-refractivity contribution >= 4 is 35.4 Å². The van der Waals surface area contributed by atoms with Gasteiger partial charge in [0, 0.05) is 65.2 Å². The monoisotopic (exact) mass is 1330 g/mol. The van der Waals surface area contributed by atoms with Crippen molar-refractivity contribution in [1.82, 2.24) is 37.2 Å². The van der Waals surface area contributed by atoms with E-state index < -0.39 is 169 Å². The van der Waals surface area contributed by atoms with Gasteiger partial charge in [0.05, 0.1) is 65.1 Å². The van der Waals surface area contributed by atoms with Crippen molar-refractivity contribution in [2.75, 3.05) is 79.5 Å². The smallest absolute Gasteiger partial charge is 0.220 e. The molecule has 0 aromatic carbocycles. The van der Waals surface area contributed by atoms with Gasteiger partial charge in [-0.2, -0.15) is 0 Å². The van der Waals surface area contributed by atoms with Gasteiger partial charge in [-0.25, -0.2) is 0 Å². The first-order valence-electron chi connectivity index (χ1n) is 32.2. The van der Waals surface area contributed by atoms with Crippen LogP contribution in [0.3, 0.4) is 0 Å². The minimum atomic E-state index is -1.47. The van der Waals surface area contributed by atoms with E-state index in [1.807, 2.05) is 83.1 Å². The number of ether oxygens (including phenoxy) is 6. The standard InChI is InChI=1S/C64H123N7O21/c1-39(77)46(27-74)90-55(44(25-72)69-41(3)79)87-36-61(12,13)30-58(6,7)33-66-49(82)19-22-64(65-18,23-20-50(83)67-34-59(8,9)31-62(14,15)37-88-56(45(26-73)70-42(4)80)91-47(28-75)40(2)78)24-21-51(84)68-35-60(10,11)32-63(16,17)38-89-57-52(71-43(5)81)54(86)53(85)48(29-76)92-57/h39-40,44-48,52-57,65,72-78,85-86H,19-38H2,1-18H3,(H,66,82)(H,67,83)(H,68,84)(H,69,79)(H,70,80)(H,71,81)/t39-,40-,44+,45+,46?,47?,48?,52?,53?,54?,55?,56?,57?,64?/m1/s1. The molecule has 9 unspecified atom stereocenters. The van der Waals surface area contributed by atoms with Crippen molar-refractivity contribution in [3.63, 3.8) is 0 Å². The highest BCUT2D eigenvalue weighted by molar-refractivity contribution is 5.78. The fourth-order valence-electron chi connectivity index (χ4n) is 12.2. The zero-order chi connectivity index (χ0) is 70.8. The van der Waals surface area contributed by atoms with E-state index in [9.17, 15) is 74.7 Å². The zero-order valence-corrected chi connectivity index (χ0v) is 58.6. The summed E-state index contributed by atoms with van der Waals surface area (Å²) in [6.45, 7) is 28.5. The number of hydrogen-bond acceptors (Lipinski definition) is 22. The fraction of sp³-hybridized carbons (Fsp3) is 0.906. The van der Waals surface area contributed by atoms with E-state index in [0.29, 0.717) is 19.3 Å². The van der Waals surface area contributed by atoms with Crippen LogP contribution >= 0.6 is 0 Å². The van der Waals surface area contributed by atoms with E-state index in [1.165, 1.54) is 34.6 Å². The molecule has 0 saturated carbocycles. The molecule has 1 fully saturated rings. The second kappa shape index (κ2) is 39.4. The van der Waals surface area contributed by atoms with Crippen LogP contribution in [0.25, 0.3) is 0 Å². The Labute approximate surface area is 546 Å². The molecule has 16 N–H and O–H groups in total. The minimum Gasteiger partial charge on any atom is -0.394 e. The highest BCUT2D eigenvalue weighted by Crippen LogP contribution is 2.38. The summed E-state index contributed by atoms with van der Waals surface area (Å²) in [4.78, 5) is 77.6. The van der Waals surface area contributed by atoms with E-state index in [-0.39, 0.29) is 95.7 Å². The number of hydrogen-bond donors (Lipinski definition) is 16. The molecule has 1 saturated heterocycles. The van der Waals surface area contributed by atoms with E-state index in [1.54, 1.807) is 7.05 Å². The van der Waals surface area contributed by atoms with E-state index >= 15 is 0 Å². The Bertz CT molecular complexity index is 2120. The van der Waals surface area contributed by atoms with Crippen LogP contribution in [0.1, 0.15) is 175 Å². The van der Waals surface area contributed by atoms with Gasteiger partial charge in [-0.05, 0) is 91.9 Å². The second-order valence-corrected chi connectivity index (χ2v) is 30.2. The highest BCUT2D eigenvalue weighted by atomic mass is 16.7. The maximum atomic E-state index is 13.9. The van der Waals surface area contributed by atoms with Crippen LogP contribution in [-0.4, -0.2) is 246 Å². The van der Waals surface area contributed by atoms with Crippen molar-refractivity contribution in [3.05, 3.63) is 0 Å². The van der Waals surface area contributed by atoms with Gasteiger partial charge in [0.25, 0.3) is 0 Å². The minimum absolute atomic E-state index is 0.0359. The summed E-state index contributed by atoms with van der Waals surface area (Å²) < 4.78 is 35.9. The zero-order valence-electron chi connectivity index (χ0n) is 58.6. The Balaban J connectivity index is 3.33. The topological polar surface area (TPSA) is 424 Å². The Morgan fingerprint density at radius 3 is 1.13 bits per heavy atom. The Morgan fingerprint density at radius 1 is 0.500 bits per heavy atom. The number of rotatable bonds is 47. The van der Waals surface area contributed by atoms with Gasteiger partial charge in [-0.1, -0.05) is 83.1 Å². The molecule has 1 heterocycles. The van der Waals surface area contributed by atoms with Crippen molar-refractivity contribution in [3.8, 4) is 0 Å². The number of aliphatic hydroxyl groups excluding tert-OH is 9. The Morgan fingerprint density at radius 2 is 0.848 bits per heavy atom. The van der Waals surface area contributed by atoms with Crippen molar-refractivity contribution in [1.29, 1.82) is 0 Å². The maximum absolute atomic E-state index is 13.9. The van der Waals surface area contributed by atoms with E-state index in [0.717, 1.165) is 0 Å². The molecule has 92 heavy (non-hydrogen) atoms. The summed E-state index contributed by atoms with van der Waals surface area (Å²) >= 11 is 0. The van der Waals surface area contributed by atoms with Gasteiger partial charge in [0.1, 0.15) is 48.6 Å². The largest absolute Gasteiger partial charge is 0.394 e. The molecule has 6 amide bonds. The van der Waals surface area contributed by atoms with Crippen molar-refractivity contribution in [2.45, 2.75) is 261 Å². The lowest BCUT2D eigenvalue weighted by Gasteiger charge is -2.43. The van der Waals surface area contributed by atoms with Crippen LogP contribution in [0.15, 0.2) is 0 Å². The number of amides is 6. The molecule has 1 rings (SSSR count). The lowest BCUT2D eigenvalue weighted by atomic mass is 9.75. The number of aliphatic hydroxyl groups is 9. The molecule has 28 nitrogen and oxygen atoms in total. The first kappa shape index (κ1) is 86.2. The van der Waals surface area contributed by atoms with E-state index in [2.05, 4.69) is 37.2 Å². The fourth-order valence-corrected chi connectivity index (χ4v) is 12.2. The normalized spacial score (nSPS) is 21.1. The molecule has 0 aliphatic carbocycles. The van der Waals surface area contributed by atoms with Crippen LogP contribution in [0.4, 0.5) is 0 Å². The Kier molecular flexibility index (Phi) is 36.9. The molecule has 1 aliphatic rings. The average Bonchev–Trinajstić information content (AvgIpc) is 0.832. The summed E-state index contributed by atoms with van der Waals surface area (Å²) in [5.74, 6) is -2.15. The molecule has 13 atom stereocenters. The number of carbonyl (C=O) groups is 6. The summed E-state index contributed by atoms with van der Waals surface area (Å²) in [7, 11) is 1.73. The molecular weight excluding hydrogens is 1200 g/mol. The van der Waals surface area contributed by atoms with Gasteiger partial charge in [-0.15, -0.1) is 0 Å². The molecule has 540 valence electrons. The van der Waals surface area contributed by atoms with Crippen LogP contribution < -0.4 is 37.2 Å². The number of nitrogens with one attached hydrogen (secondary N) is 7. The van der Waals surface area contributed by atoms with Crippen molar-refractivity contribution in [2.24, 2.45) is 32.5 Å². The molecule has 0 bridgehead atoms. The van der Waals surface area contributed by atoms with Crippen LogP contribution in [0.5, 0.6) is 0 Å². The Hall–Kier alpha value is -3.82. The highest BCUT2D eigenvalue weighted by Gasteiger charge is 2.46. The third-order valence-electron chi connectivity index (χ3n) is 16.2. The molecule has 0 aromatic rings. The molecule has 0 radical (unpaired) electrons. The van der Waals surface area contributed by atoms with Gasteiger partial charge >= 0.3 is 0 Å². The third kappa shape index (κ3) is 33.2. The predicted molar refractivity (Wildman–Crippen MR) is 343 cm³/mol. The average molecular weight is 1330 g/mol. The van der Waals surface area contributed by atoms with Gasteiger partial charge < -0.3 is 112 Å². The first-order chi connectivity index (χ1) is 42.3. The van der Waals surface area contributed by atoms with Crippen molar-refractivity contribution < 1.29 is 103 Å². The lowest BCUT2D eigenvalue weighted by Crippen LogP contribution is -2.64. The van der Waals surface area contributed by atoms with Crippen LogP contribution in [0, 0.1) is 32.5 Å². The summed E-state index contributed by atoms with van der Waals surface area (Å²) in [5, 5.41) is 112. The second-order valence-electron chi connectivity index (χ2n) is 30.2. The molecule has 28 heteroatoms. The molecule has 1 aliphatic heterocycles. The summed E-state index contributed by atoms with van der Waals surface area (Å²) in [5.41, 5.74) is -4.06. The third-order valence-corrected chi connectivity index (χ3v) is 16.2. The lowest BCUT2D eigenvalue weighted by molar-refractivity contribution is -0.276. The van der Waals surface area contributed by atoms with Gasteiger partial charge in [0.15, 0.2) is 18.9 Å². The predicted octanol–water partition coefficient (Wildman–Crippen LogP) is 0.118. The SMILES string of the molecule is CNC(CCC(=O)NCC(C)(C)CC(C)(C)COC1OC(CO)C(O)C(O)C1NC(C)=O)(CCC(=O)NCC(C)(C)CC(C)(C)COC(OC(CO)[C@@H](C)O)[C@H](CO)NC(C)=O)CCC(=O)NCC(C)(C)CC(C)(C)COC(OC(CO)[C@@H](C)O)[C@H](CO)NC(C)=O. The molecule has 0 spiro atoms. The first-order valence-corrected chi connectivity index (χ1v) is 32.2. The number of carbonyl (C=O) groups excluding carboxylic acids is 6. The molecule has 0 aromatic heterocycles. The van der Waals surface area contributed by atoms with Gasteiger partial charge in [0.2, 0.25) is 35.4 Å². The van der Waals surface area contributed by atoms with Crippen LogP contribution in [-0.2, 0) is 57.2 Å². The summed E-state index contributed by atoms with van der Waals surface area (Å²) in [6.07, 6.45) is -9.59. The maximum Gasteiger partial charge on any atom is 0.220 e. The van der Waals surface area contributed by atoms with E-state index in [4.69, 9.17) is 28.4 Å². The van der Waals surface area contributed by atoms with Crippen LogP contribution in [0.2, 0.25) is 0 Å². The molecular formula is C64H123N7O21. The van der Waals surface area contributed by atoms with Gasteiger partial charge in [-0.3, -0.25) is 28.8 Å².